The molecule has 0 aliphatic heterocycles. The van der Waals surface area contributed by atoms with Gasteiger partial charge in [-0.1, -0.05) is 17.4 Å². The Morgan fingerprint density at radius 1 is 1.32 bits per heavy atom. The van der Waals surface area contributed by atoms with E-state index in [0.29, 0.717) is 5.13 Å². The van der Waals surface area contributed by atoms with Crippen molar-refractivity contribution in [2.24, 2.45) is 0 Å². The van der Waals surface area contributed by atoms with Crippen molar-refractivity contribution in [2.45, 2.75) is 26.7 Å². The van der Waals surface area contributed by atoms with Crippen molar-refractivity contribution >= 4 is 38.6 Å². The van der Waals surface area contributed by atoms with Crippen molar-refractivity contribution in [3.63, 3.8) is 0 Å². The number of benzene rings is 1. The Balaban J connectivity index is 2.15. The van der Waals surface area contributed by atoms with E-state index in [2.05, 4.69) is 10.3 Å². The summed E-state index contributed by atoms with van der Waals surface area (Å²) in [6.45, 7) is 3.99. The predicted molar refractivity (Wildman–Crippen MR) is 74.6 cm³/mol. The molecule has 2 aromatic rings. The Morgan fingerprint density at radius 3 is 2.74 bits per heavy atom. The molecular weight excluding hydrogens is 264 g/mol. The van der Waals surface area contributed by atoms with E-state index in [9.17, 15) is 9.59 Å². The van der Waals surface area contributed by atoms with E-state index in [-0.39, 0.29) is 18.7 Å². The molecule has 2 rings (SSSR count). The summed E-state index contributed by atoms with van der Waals surface area (Å²) < 4.78 is 1.02. The lowest BCUT2D eigenvalue weighted by atomic mass is 10.1. The van der Waals surface area contributed by atoms with Crippen molar-refractivity contribution in [2.75, 3.05) is 5.32 Å². The van der Waals surface area contributed by atoms with Gasteiger partial charge in [-0.05, 0) is 31.0 Å². The van der Waals surface area contributed by atoms with E-state index in [1.807, 2.05) is 26.0 Å². The van der Waals surface area contributed by atoms with E-state index < -0.39 is 5.97 Å². The number of fused-ring (bicyclic) bond motifs is 1. The fraction of sp³-hybridized carbons (Fsp3) is 0.308. The molecule has 100 valence electrons. The highest BCUT2D eigenvalue weighted by Gasteiger charge is 2.10. The number of carboxylic acid groups (broad SMARTS) is 1. The highest BCUT2D eigenvalue weighted by molar-refractivity contribution is 7.22. The van der Waals surface area contributed by atoms with Gasteiger partial charge >= 0.3 is 5.97 Å². The Labute approximate surface area is 114 Å². The number of aliphatic carboxylic acids is 1. The predicted octanol–water partition coefficient (Wildman–Crippen LogP) is 2.72. The SMILES string of the molecule is Cc1cc(C)c2nc(NC(=O)CCC(=O)O)sc2c1. The number of rotatable bonds is 4. The quantitative estimate of drug-likeness (QED) is 0.901. The molecule has 0 radical (unpaired) electrons. The van der Waals surface area contributed by atoms with Gasteiger partial charge in [-0.2, -0.15) is 0 Å². The zero-order chi connectivity index (χ0) is 14.0. The van der Waals surface area contributed by atoms with E-state index >= 15 is 0 Å². The van der Waals surface area contributed by atoms with Crippen molar-refractivity contribution in [3.8, 4) is 0 Å². The van der Waals surface area contributed by atoms with Gasteiger partial charge in [-0.25, -0.2) is 4.98 Å². The second-order valence-corrected chi connectivity index (χ2v) is 5.42. The first-order chi connectivity index (χ1) is 8.95. The summed E-state index contributed by atoms with van der Waals surface area (Å²) in [5, 5.41) is 11.7. The number of amides is 1. The third-order valence-electron chi connectivity index (χ3n) is 2.64. The van der Waals surface area contributed by atoms with Gasteiger partial charge in [0.2, 0.25) is 5.91 Å². The number of thiazole rings is 1. The van der Waals surface area contributed by atoms with Crippen LogP contribution in [0.4, 0.5) is 5.13 Å². The molecule has 0 saturated carbocycles. The molecule has 0 saturated heterocycles. The number of aromatic nitrogens is 1. The normalized spacial score (nSPS) is 10.6. The molecule has 0 spiro atoms. The minimum absolute atomic E-state index is 0.0384. The van der Waals surface area contributed by atoms with Crippen LogP contribution in [0, 0.1) is 13.8 Å². The Kier molecular flexibility index (Phi) is 3.80. The van der Waals surface area contributed by atoms with Gasteiger partial charge in [0, 0.05) is 6.42 Å². The Hall–Kier alpha value is -1.95. The molecule has 0 fully saturated rings. The molecule has 1 aromatic carbocycles. The van der Waals surface area contributed by atoms with E-state index in [4.69, 9.17) is 5.11 Å². The highest BCUT2D eigenvalue weighted by atomic mass is 32.1. The maximum absolute atomic E-state index is 11.5. The van der Waals surface area contributed by atoms with Gasteiger partial charge in [-0.15, -0.1) is 0 Å². The standard InChI is InChI=1S/C13H14N2O3S/c1-7-5-8(2)12-9(6-7)19-13(15-12)14-10(16)3-4-11(17)18/h5-6H,3-4H2,1-2H3,(H,17,18)(H,14,15,16). The summed E-state index contributed by atoms with van der Waals surface area (Å²) in [5.41, 5.74) is 3.10. The van der Waals surface area contributed by atoms with Crippen LogP contribution in [0.25, 0.3) is 10.2 Å². The fourth-order valence-electron chi connectivity index (χ4n) is 1.83. The molecule has 1 amide bonds. The highest BCUT2D eigenvalue weighted by Crippen LogP contribution is 2.29. The third kappa shape index (κ3) is 3.29. The average molecular weight is 278 g/mol. The summed E-state index contributed by atoms with van der Waals surface area (Å²) >= 11 is 1.40. The summed E-state index contributed by atoms with van der Waals surface area (Å²) in [4.78, 5) is 26.3. The van der Waals surface area contributed by atoms with Crippen molar-refractivity contribution in [1.82, 2.24) is 4.98 Å². The van der Waals surface area contributed by atoms with Crippen LogP contribution in [0.2, 0.25) is 0 Å². The van der Waals surface area contributed by atoms with Crippen LogP contribution in [0.3, 0.4) is 0 Å². The van der Waals surface area contributed by atoms with Gasteiger partial charge in [0.05, 0.1) is 16.6 Å². The number of carboxylic acids is 1. The summed E-state index contributed by atoms with van der Waals surface area (Å²) in [6, 6.07) is 4.06. The van der Waals surface area contributed by atoms with Crippen LogP contribution in [-0.2, 0) is 9.59 Å². The lowest BCUT2D eigenvalue weighted by Gasteiger charge is -1.98. The van der Waals surface area contributed by atoms with E-state index in [1.165, 1.54) is 11.3 Å². The molecule has 1 aromatic heterocycles. The molecule has 0 atom stereocenters. The van der Waals surface area contributed by atoms with Gasteiger partial charge in [0.25, 0.3) is 0 Å². The molecule has 6 heteroatoms. The molecule has 0 bridgehead atoms. The van der Waals surface area contributed by atoms with Gasteiger partial charge in [-0.3, -0.25) is 9.59 Å². The Morgan fingerprint density at radius 2 is 2.05 bits per heavy atom. The molecule has 19 heavy (non-hydrogen) atoms. The first kappa shape index (κ1) is 13.5. The molecule has 0 aliphatic rings. The second kappa shape index (κ2) is 5.36. The largest absolute Gasteiger partial charge is 0.481 e. The molecule has 0 unspecified atom stereocenters. The van der Waals surface area contributed by atoms with Gasteiger partial charge in [0.15, 0.2) is 5.13 Å². The molecule has 0 aliphatic carbocycles. The zero-order valence-corrected chi connectivity index (χ0v) is 11.5. The summed E-state index contributed by atoms with van der Waals surface area (Å²) in [5.74, 6) is -1.30. The van der Waals surface area contributed by atoms with Crippen LogP contribution < -0.4 is 5.32 Å². The van der Waals surface area contributed by atoms with Crippen LogP contribution >= 0.6 is 11.3 Å². The van der Waals surface area contributed by atoms with Crippen molar-refractivity contribution in [3.05, 3.63) is 23.3 Å². The zero-order valence-electron chi connectivity index (χ0n) is 10.7. The van der Waals surface area contributed by atoms with Crippen molar-refractivity contribution in [1.29, 1.82) is 0 Å². The van der Waals surface area contributed by atoms with Crippen LogP contribution in [0.1, 0.15) is 24.0 Å². The summed E-state index contributed by atoms with van der Waals surface area (Å²) in [6.07, 6.45) is -0.210. The minimum atomic E-state index is -0.981. The minimum Gasteiger partial charge on any atom is -0.481 e. The third-order valence-corrected chi connectivity index (χ3v) is 3.56. The lowest BCUT2D eigenvalue weighted by molar-refractivity contribution is -0.138. The topological polar surface area (TPSA) is 79.3 Å². The molecule has 1 heterocycles. The number of hydrogen-bond donors (Lipinski definition) is 2. The maximum Gasteiger partial charge on any atom is 0.303 e. The number of anilines is 1. The fourth-order valence-corrected chi connectivity index (χ4v) is 2.88. The number of nitrogens with one attached hydrogen (secondary N) is 1. The molecule has 2 N–H and O–H groups in total. The van der Waals surface area contributed by atoms with Crippen molar-refractivity contribution < 1.29 is 14.7 Å². The van der Waals surface area contributed by atoms with Crippen LogP contribution in [0.15, 0.2) is 12.1 Å². The summed E-state index contributed by atoms with van der Waals surface area (Å²) in [7, 11) is 0. The molecular formula is C13H14N2O3S. The number of carbonyl (C=O) groups is 2. The number of nitrogens with zero attached hydrogens (tertiary/aromatic N) is 1. The number of hydrogen-bond acceptors (Lipinski definition) is 4. The first-order valence-electron chi connectivity index (χ1n) is 5.85. The van der Waals surface area contributed by atoms with Crippen LogP contribution in [0.5, 0.6) is 0 Å². The van der Waals surface area contributed by atoms with Gasteiger partial charge < -0.3 is 10.4 Å². The van der Waals surface area contributed by atoms with Crippen LogP contribution in [-0.4, -0.2) is 22.0 Å². The monoisotopic (exact) mass is 278 g/mol. The lowest BCUT2D eigenvalue weighted by Crippen LogP contribution is -2.12. The first-order valence-corrected chi connectivity index (χ1v) is 6.67. The smallest absolute Gasteiger partial charge is 0.303 e. The van der Waals surface area contributed by atoms with E-state index in [0.717, 1.165) is 21.3 Å². The maximum atomic E-state index is 11.5. The van der Waals surface area contributed by atoms with Gasteiger partial charge in [0.1, 0.15) is 0 Å². The number of carbonyl (C=O) groups excluding carboxylic acids is 1. The van der Waals surface area contributed by atoms with E-state index in [1.54, 1.807) is 0 Å². The Bertz CT molecular complexity index is 649. The average Bonchev–Trinajstić information content (AvgIpc) is 2.69. The number of aryl methyl sites for hydroxylation is 2. The molecule has 5 nitrogen and oxygen atoms in total. The second-order valence-electron chi connectivity index (χ2n) is 4.39.